The smallest absolute Gasteiger partial charge is 0.419 e. The van der Waals surface area contributed by atoms with E-state index >= 15 is 0 Å². The van der Waals surface area contributed by atoms with Crippen LogP contribution in [0.25, 0.3) is 0 Å². The van der Waals surface area contributed by atoms with E-state index in [1.165, 1.54) is 0 Å². The Labute approximate surface area is 137 Å². The molecule has 0 spiro atoms. The second kappa shape index (κ2) is 5.65. The molecule has 132 valence electrons. The molecule has 4 nitrogen and oxygen atoms in total. The Hall–Kier alpha value is -1.76. The normalized spacial score (nSPS) is 29.2. The van der Waals surface area contributed by atoms with Crippen molar-refractivity contribution in [3.63, 3.8) is 0 Å². The lowest BCUT2D eigenvalue weighted by Gasteiger charge is -2.40. The first-order valence-electron chi connectivity index (χ1n) is 7.92. The van der Waals surface area contributed by atoms with Crippen LogP contribution < -0.4 is 4.74 Å². The van der Waals surface area contributed by atoms with Gasteiger partial charge in [-0.2, -0.15) is 13.2 Å². The summed E-state index contributed by atoms with van der Waals surface area (Å²) in [6.07, 6.45) is -2.76. The average Bonchev–Trinajstić information content (AvgIpc) is 3.07. The van der Waals surface area contributed by atoms with E-state index in [2.05, 4.69) is 0 Å². The van der Waals surface area contributed by atoms with Crippen LogP contribution in [0.5, 0.6) is 5.75 Å². The fraction of sp³-hybridized carbons (Fsp3) is 0.588. The minimum atomic E-state index is -4.62. The summed E-state index contributed by atoms with van der Waals surface area (Å²) in [5.41, 5.74) is -2.06. The molecule has 2 heterocycles. The molecule has 0 radical (unpaired) electrons. The van der Waals surface area contributed by atoms with E-state index in [0.717, 1.165) is 31.0 Å². The molecule has 0 amide bonds. The second-order valence-corrected chi connectivity index (χ2v) is 6.75. The molecular weight excluding hydrogens is 325 g/mol. The summed E-state index contributed by atoms with van der Waals surface area (Å²) < 4.78 is 51.6. The van der Waals surface area contributed by atoms with E-state index in [0.29, 0.717) is 6.42 Å². The van der Waals surface area contributed by atoms with Crippen LogP contribution in [0, 0.1) is 5.92 Å². The number of carboxylic acids is 1. The quantitative estimate of drug-likeness (QED) is 0.892. The molecule has 24 heavy (non-hydrogen) atoms. The Kier molecular flexibility index (Phi) is 4.02. The first kappa shape index (κ1) is 17.1. The monoisotopic (exact) mass is 344 g/mol. The third-order valence-corrected chi connectivity index (χ3v) is 5.01. The predicted molar refractivity (Wildman–Crippen MR) is 79.1 cm³/mol. The number of halogens is 3. The van der Waals surface area contributed by atoms with Crippen molar-refractivity contribution in [2.45, 2.75) is 57.1 Å². The summed E-state index contributed by atoms with van der Waals surface area (Å²) >= 11 is 0. The number of carbonyl (C=O) groups is 1. The van der Waals surface area contributed by atoms with E-state index in [1.807, 2.05) is 13.8 Å². The highest BCUT2D eigenvalue weighted by Gasteiger charge is 2.56. The molecule has 1 N–H and O–H groups in total. The summed E-state index contributed by atoms with van der Waals surface area (Å²) in [6, 6.07) is 2.67. The molecule has 2 aliphatic heterocycles. The van der Waals surface area contributed by atoms with Crippen molar-refractivity contribution in [2.24, 2.45) is 5.92 Å². The third-order valence-electron chi connectivity index (χ3n) is 5.01. The highest BCUT2D eigenvalue weighted by Crippen LogP contribution is 2.49. The molecule has 0 saturated carbocycles. The number of ether oxygens (including phenoxy) is 2. The molecule has 2 aliphatic rings. The number of benzene rings is 1. The predicted octanol–water partition coefficient (Wildman–Crippen LogP) is 4.13. The maximum Gasteiger partial charge on any atom is 0.419 e. The summed E-state index contributed by atoms with van der Waals surface area (Å²) in [5.74, 6) is -1.80. The molecule has 1 aromatic carbocycles. The van der Waals surface area contributed by atoms with Gasteiger partial charge in [-0.25, -0.2) is 4.79 Å². The lowest BCUT2D eigenvalue weighted by Crippen LogP contribution is -2.50. The van der Waals surface area contributed by atoms with Gasteiger partial charge in [-0.1, -0.05) is 13.8 Å². The lowest BCUT2D eigenvalue weighted by atomic mass is 9.76. The van der Waals surface area contributed by atoms with Gasteiger partial charge < -0.3 is 14.6 Å². The van der Waals surface area contributed by atoms with Crippen LogP contribution >= 0.6 is 0 Å². The molecule has 1 aromatic rings. The summed E-state index contributed by atoms with van der Waals surface area (Å²) in [4.78, 5) is 11.1. The van der Waals surface area contributed by atoms with Crippen molar-refractivity contribution in [1.29, 1.82) is 0 Å². The topological polar surface area (TPSA) is 55.8 Å². The molecule has 2 bridgehead atoms. The highest BCUT2D eigenvalue weighted by atomic mass is 19.4. The van der Waals surface area contributed by atoms with Gasteiger partial charge in [-0.05, 0) is 37.0 Å². The van der Waals surface area contributed by atoms with Gasteiger partial charge in [-0.3, -0.25) is 0 Å². The molecule has 3 rings (SSSR count). The number of carboxylic acid groups (broad SMARTS) is 1. The molecular formula is C17H19F3O4. The largest absolute Gasteiger partial charge is 0.484 e. The Morgan fingerprint density at radius 1 is 1.38 bits per heavy atom. The minimum Gasteiger partial charge on any atom is -0.484 e. The van der Waals surface area contributed by atoms with Gasteiger partial charge in [0.15, 0.2) is 0 Å². The van der Waals surface area contributed by atoms with E-state index in [1.54, 1.807) is 0 Å². The fourth-order valence-electron chi connectivity index (χ4n) is 3.71. The van der Waals surface area contributed by atoms with Crippen LogP contribution in [0.15, 0.2) is 18.2 Å². The van der Waals surface area contributed by atoms with Gasteiger partial charge in [0.05, 0.1) is 23.3 Å². The van der Waals surface area contributed by atoms with Crippen molar-refractivity contribution >= 4 is 5.97 Å². The van der Waals surface area contributed by atoms with Gasteiger partial charge in [0.1, 0.15) is 11.4 Å². The maximum atomic E-state index is 13.3. The Bertz CT molecular complexity index is 656. The zero-order valence-corrected chi connectivity index (χ0v) is 13.4. The van der Waals surface area contributed by atoms with Crippen LogP contribution in [0.4, 0.5) is 13.2 Å². The van der Waals surface area contributed by atoms with Gasteiger partial charge >= 0.3 is 12.1 Å². The van der Waals surface area contributed by atoms with Crippen LogP contribution in [0.3, 0.4) is 0 Å². The Morgan fingerprint density at radius 3 is 2.54 bits per heavy atom. The van der Waals surface area contributed by atoms with Crippen molar-refractivity contribution < 1.29 is 32.5 Å². The standard InChI is InChI=1S/C17H19F3O4/c1-9(2)16(8-11-4-6-14(16)23-11)24-13-7-10(15(21)22)3-5-12(13)17(18,19)20/h3,5,7,9,11,14H,4,6,8H2,1-2H3,(H,21,22). The summed E-state index contributed by atoms with van der Waals surface area (Å²) in [5, 5.41) is 9.08. The number of hydrogen-bond donors (Lipinski definition) is 1. The number of alkyl halides is 3. The molecule has 0 aromatic heterocycles. The number of fused-ring (bicyclic) bond motifs is 2. The van der Waals surface area contributed by atoms with Crippen molar-refractivity contribution in [3.8, 4) is 5.75 Å². The van der Waals surface area contributed by atoms with Gasteiger partial charge in [0.2, 0.25) is 0 Å². The van der Waals surface area contributed by atoms with E-state index in [9.17, 15) is 18.0 Å². The lowest BCUT2D eigenvalue weighted by molar-refractivity contribution is -0.141. The van der Waals surface area contributed by atoms with Crippen LogP contribution in [-0.4, -0.2) is 28.9 Å². The molecule has 3 atom stereocenters. The maximum absolute atomic E-state index is 13.3. The number of rotatable bonds is 4. The molecule has 3 unspecified atom stereocenters. The van der Waals surface area contributed by atoms with Gasteiger partial charge in [-0.15, -0.1) is 0 Å². The Morgan fingerprint density at radius 2 is 2.08 bits per heavy atom. The first-order chi connectivity index (χ1) is 11.1. The Balaban J connectivity index is 2.04. The van der Waals surface area contributed by atoms with Crippen molar-refractivity contribution in [3.05, 3.63) is 29.3 Å². The fourth-order valence-corrected chi connectivity index (χ4v) is 3.71. The van der Waals surface area contributed by atoms with Crippen LogP contribution in [0.1, 0.15) is 49.0 Å². The molecule has 2 saturated heterocycles. The van der Waals surface area contributed by atoms with Crippen LogP contribution in [-0.2, 0) is 10.9 Å². The average molecular weight is 344 g/mol. The first-order valence-corrected chi connectivity index (χ1v) is 7.92. The van der Waals surface area contributed by atoms with Gasteiger partial charge in [0.25, 0.3) is 0 Å². The van der Waals surface area contributed by atoms with E-state index in [-0.39, 0.29) is 23.7 Å². The molecule has 0 aliphatic carbocycles. The van der Waals surface area contributed by atoms with Gasteiger partial charge in [0, 0.05) is 6.42 Å². The van der Waals surface area contributed by atoms with E-state index < -0.39 is 29.1 Å². The highest BCUT2D eigenvalue weighted by molar-refractivity contribution is 5.88. The molecule has 2 fully saturated rings. The second-order valence-electron chi connectivity index (χ2n) is 6.75. The van der Waals surface area contributed by atoms with Crippen molar-refractivity contribution in [1.82, 2.24) is 0 Å². The summed E-state index contributed by atoms with van der Waals surface area (Å²) in [6.45, 7) is 3.77. The minimum absolute atomic E-state index is 0.00519. The third kappa shape index (κ3) is 2.75. The molecule has 7 heteroatoms. The number of hydrogen-bond acceptors (Lipinski definition) is 3. The zero-order chi connectivity index (χ0) is 17.7. The van der Waals surface area contributed by atoms with E-state index in [4.69, 9.17) is 14.6 Å². The zero-order valence-electron chi connectivity index (χ0n) is 13.4. The van der Waals surface area contributed by atoms with Crippen molar-refractivity contribution in [2.75, 3.05) is 0 Å². The van der Waals surface area contributed by atoms with Crippen LogP contribution in [0.2, 0.25) is 0 Å². The summed E-state index contributed by atoms with van der Waals surface area (Å²) in [7, 11) is 0. The SMILES string of the molecule is CC(C)C1(Oc2cc(C(=O)O)ccc2C(F)(F)F)CC2CCC1O2. The number of aromatic carboxylic acids is 1.